The van der Waals surface area contributed by atoms with E-state index in [0.29, 0.717) is 11.6 Å². The summed E-state index contributed by atoms with van der Waals surface area (Å²) < 4.78 is 5.44. The topological polar surface area (TPSA) is 42.4 Å². The summed E-state index contributed by atoms with van der Waals surface area (Å²) in [6.07, 6.45) is 1.77. The molecule has 2 aromatic rings. The van der Waals surface area contributed by atoms with Crippen molar-refractivity contribution in [2.75, 3.05) is 18.6 Å². The first-order chi connectivity index (χ1) is 9.15. The van der Waals surface area contributed by atoms with Gasteiger partial charge in [0.1, 0.15) is 0 Å². The number of aromatic nitrogens is 1. The van der Waals surface area contributed by atoms with Gasteiger partial charge in [-0.05, 0) is 18.6 Å². The van der Waals surface area contributed by atoms with Gasteiger partial charge in [0.25, 0.3) is 5.91 Å². The van der Waals surface area contributed by atoms with Crippen LogP contribution < -0.4 is 9.64 Å². The molecule has 0 atom stereocenters. The second-order valence-electron chi connectivity index (χ2n) is 4.65. The molecule has 0 fully saturated rings. The van der Waals surface area contributed by atoms with Crippen LogP contribution in [0.5, 0.6) is 5.75 Å². The van der Waals surface area contributed by atoms with Crippen molar-refractivity contribution < 1.29 is 9.53 Å². The molecule has 96 valence electrons. The molecule has 0 saturated carbocycles. The summed E-state index contributed by atoms with van der Waals surface area (Å²) in [5, 5.41) is 0. The van der Waals surface area contributed by atoms with Crippen molar-refractivity contribution in [1.29, 1.82) is 0 Å². The summed E-state index contributed by atoms with van der Waals surface area (Å²) in [7, 11) is 1.71. The van der Waals surface area contributed by atoms with Gasteiger partial charge in [-0.2, -0.15) is 0 Å². The third-order valence-electron chi connectivity index (χ3n) is 3.26. The van der Waals surface area contributed by atoms with E-state index in [1.165, 1.54) is 10.5 Å². The average Bonchev–Trinajstić information content (AvgIpc) is 2.43. The monoisotopic (exact) mass is 254 g/mol. The lowest BCUT2D eigenvalue weighted by Crippen LogP contribution is -2.36. The number of hydrogen-bond donors (Lipinski definition) is 0. The number of aryl methyl sites for hydroxylation is 1. The zero-order valence-electron chi connectivity index (χ0n) is 10.9. The molecule has 1 aromatic heterocycles. The van der Waals surface area contributed by atoms with E-state index in [2.05, 4.69) is 36.2 Å². The molecule has 0 unspecified atom stereocenters. The Bertz CT molecular complexity index is 635. The van der Waals surface area contributed by atoms with E-state index in [1.807, 2.05) is 6.07 Å². The van der Waals surface area contributed by atoms with Gasteiger partial charge in [0.15, 0.2) is 18.2 Å². The Labute approximate surface area is 111 Å². The molecule has 1 aliphatic rings. The largest absolute Gasteiger partial charge is 0.480 e. The van der Waals surface area contributed by atoms with Crippen molar-refractivity contribution in [3.8, 4) is 16.9 Å². The van der Waals surface area contributed by atoms with Crippen molar-refractivity contribution in [3.05, 3.63) is 42.1 Å². The maximum Gasteiger partial charge on any atom is 0.265 e. The maximum absolute atomic E-state index is 11.5. The molecule has 1 aromatic carbocycles. The minimum absolute atomic E-state index is 0.0720. The van der Waals surface area contributed by atoms with E-state index in [1.54, 1.807) is 13.2 Å². The van der Waals surface area contributed by atoms with Crippen LogP contribution in [0.3, 0.4) is 0 Å². The average molecular weight is 254 g/mol. The normalized spacial score (nSPS) is 14.0. The molecule has 1 aliphatic heterocycles. The molecule has 0 saturated heterocycles. The first-order valence-electron chi connectivity index (χ1n) is 6.11. The van der Waals surface area contributed by atoms with E-state index in [-0.39, 0.29) is 12.5 Å². The number of rotatable bonds is 1. The number of benzene rings is 1. The summed E-state index contributed by atoms with van der Waals surface area (Å²) in [4.78, 5) is 17.4. The van der Waals surface area contributed by atoms with Crippen molar-refractivity contribution in [2.45, 2.75) is 6.92 Å². The summed E-state index contributed by atoms with van der Waals surface area (Å²) in [5.74, 6) is 1.15. The molecule has 2 heterocycles. The van der Waals surface area contributed by atoms with E-state index >= 15 is 0 Å². The fourth-order valence-corrected chi connectivity index (χ4v) is 2.05. The first-order valence-corrected chi connectivity index (χ1v) is 6.11. The van der Waals surface area contributed by atoms with Crippen molar-refractivity contribution in [1.82, 2.24) is 4.98 Å². The minimum Gasteiger partial charge on any atom is -0.480 e. The smallest absolute Gasteiger partial charge is 0.265 e. The van der Waals surface area contributed by atoms with Gasteiger partial charge in [-0.1, -0.05) is 29.8 Å². The highest BCUT2D eigenvalue weighted by atomic mass is 16.5. The van der Waals surface area contributed by atoms with Gasteiger partial charge < -0.3 is 4.74 Å². The summed E-state index contributed by atoms with van der Waals surface area (Å²) in [5.41, 5.74) is 3.29. The summed E-state index contributed by atoms with van der Waals surface area (Å²) in [6, 6.07) is 10.2. The van der Waals surface area contributed by atoms with Gasteiger partial charge in [-0.3, -0.25) is 9.69 Å². The number of nitrogens with zero attached hydrogens (tertiary/aromatic N) is 2. The van der Waals surface area contributed by atoms with Gasteiger partial charge in [-0.25, -0.2) is 4.98 Å². The number of hydrogen-bond acceptors (Lipinski definition) is 3. The van der Waals surface area contributed by atoms with Gasteiger partial charge in [0.05, 0.1) is 0 Å². The Morgan fingerprint density at radius 3 is 2.68 bits per heavy atom. The van der Waals surface area contributed by atoms with Crippen molar-refractivity contribution in [3.63, 3.8) is 0 Å². The first kappa shape index (κ1) is 11.7. The Kier molecular flexibility index (Phi) is 2.71. The number of carbonyl (C=O) groups is 1. The molecular formula is C15H14N2O2. The lowest BCUT2D eigenvalue weighted by atomic mass is 10.1. The van der Waals surface area contributed by atoms with Crippen LogP contribution >= 0.6 is 0 Å². The number of amides is 1. The van der Waals surface area contributed by atoms with Crippen LogP contribution in [0.1, 0.15) is 5.56 Å². The second kappa shape index (κ2) is 4.39. The highest BCUT2D eigenvalue weighted by Crippen LogP contribution is 2.32. The van der Waals surface area contributed by atoms with Crippen LogP contribution in [-0.2, 0) is 4.79 Å². The van der Waals surface area contributed by atoms with Gasteiger partial charge in [0.2, 0.25) is 0 Å². The van der Waals surface area contributed by atoms with Crippen LogP contribution in [0.25, 0.3) is 11.1 Å². The van der Waals surface area contributed by atoms with Crippen LogP contribution in [0.15, 0.2) is 36.5 Å². The molecule has 0 aliphatic carbocycles. The van der Waals surface area contributed by atoms with Gasteiger partial charge >= 0.3 is 0 Å². The molecule has 0 bridgehead atoms. The number of ether oxygens (including phenoxy) is 1. The number of anilines is 1. The maximum atomic E-state index is 11.5. The van der Waals surface area contributed by atoms with Gasteiger partial charge in [-0.15, -0.1) is 0 Å². The predicted molar refractivity (Wildman–Crippen MR) is 73.3 cm³/mol. The van der Waals surface area contributed by atoms with E-state index < -0.39 is 0 Å². The lowest BCUT2D eigenvalue weighted by Gasteiger charge is -2.24. The quantitative estimate of drug-likeness (QED) is 0.784. The highest BCUT2D eigenvalue weighted by Gasteiger charge is 2.23. The number of pyridine rings is 1. The molecule has 0 spiro atoms. The van der Waals surface area contributed by atoms with E-state index in [4.69, 9.17) is 4.74 Å². The van der Waals surface area contributed by atoms with Gasteiger partial charge in [0, 0.05) is 18.8 Å². The van der Waals surface area contributed by atoms with Crippen LogP contribution in [0.4, 0.5) is 5.82 Å². The SMILES string of the molecule is Cc1ccc(-c2cnc3c(c2)OCC(=O)N3C)cc1. The standard InChI is InChI=1S/C15H14N2O2/c1-10-3-5-11(6-4-10)12-7-13-15(16-8-12)17(2)14(18)9-19-13/h3-8H,9H2,1-2H3. The Balaban J connectivity index is 2.02. The zero-order valence-corrected chi connectivity index (χ0v) is 10.9. The molecule has 0 radical (unpaired) electrons. The second-order valence-corrected chi connectivity index (χ2v) is 4.65. The number of likely N-dealkylation sites (N-methyl/N-ethyl adjacent to an activating group) is 1. The molecule has 4 nitrogen and oxygen atoms in total. The third-order valence-corrected chi connectivity index (χ3v) is 3.26. The number of carbonyl (C=O) groups excluding carboxylic acids is 1. The Morgan fingerprint density at radius 1 is 1.21 bits per heavy atom. The molecule has 19 heavy (non-hydrogen) atoms. The molecule has 3 rings (SSSR count). The van der Waals surface area contributed by atoms with Crippen LogP contribution in [-0.4, -0.2) is 24.5 Å². The van der Waals surface area contributed by atoms with E-state index in [0.717, 1.165) is 11.1 Å². The third kappa shape index (κ3) is 2.05. The Morgan fingerprint density at radius 2 is 1.95 bits per heavy atom. The van der Waals surface area contributed by atoms with Crippen LogP contribution in [0.2, 0.25) is 0 Å². The van der Waals surface area contributed by atoms with E-state index in [9.17, 15) is 4.79 Å². The minimum atomic E-state index is -0.0805. The molecular weight excluding hydrogens is 240 g/mol. The zero-order chi connectivity index (χ0) is 13.4. The Hall–Kier alpha value is -2.36. The number of fused-ring (bicyclic) bond motifs is 1. The predicted octanol–water partition coefficient (Wildman–Crippen LogP) is 2.41. The lowest BCUT2D eigenvalue weighted by molar-refractivity contribution is -0.121. The summed E-state index contributed by atoms with van der Waals surface area (Å²) in [6.45, 7) is 2.13. The fourth-order valence-electron chi connectivity index (χ4n) is 2.05. The molecule has 0 N–H and O–H groups in total. The summed E-state index contributed by atoms with van der Waals surface area (Å²) >= 11 is 0. The molecule has 1 amide bonds. The van der Waals surface area contributed by atoms with Crippen LogP contribution in [0, 0.1) is 6.92 Å². The van der Waals surface area contributed by atoms with Crippen molar-refractivity contribution >= 4 is 11.7 Å². The van der Waals surface area contributed by atoms with Crippen molar-refractivity contribution in [2.24, 2.45) is 0 Å². The fraction of sp³-hybridized carbons (Fsp3) is 0.200. The molecule has 4 heteroatoms. The highest BCUT2D eigenvalue weighted by molar-refractivity contribution is 5.96.